The molecule has 2 saturated heterocycles. The van der Waals surface area contributed by atoms with Crippen molar-refractivity contribution in [2.24, 2.45) is 5.92 Å². The molecule has 2 bridgehead atoms. The molecule has 0 aromatic heterocycles. The van der Waals surface area contributed by atoms with Crippen molar-refractivity contribution in [3.63, 3.8) is 0 Å². The molecule has 2 heteroatoms. The molecule has 3 atom stereocenters. The van der Waals surface area contributed by atoms with Gasteiger partial charge in [0.05, 0.1) is 0 Å². The third-order valence-electron chi connectivity index (χ3n) is 6.28. The van der Waals surface area contributed by atoms with Crippen LogP contribution in [0.2, 0.25) is 0 Å². The summed E-state index contributed by atoms with van der Waals surface area (Å²) in [6.45, 7) is 5.84. The molecule has 1 N–H and O–H groups in total. The van der Waals surface area contributed by atoms with Crippen LogP contribution in [0.5, 0.6) is 0 Å². The number of nitrogens with zero attached hydrogens (tertiary/aromatic N) is 1. The lowest BCUT2D eigenvalue weighted by atomic mass is 9.80. The average Bonchev–Trinajstić information content (AvgIpc) is 2.73. The van der Waals surface area contributed by atoms with E-state index in [4.69, 9.17) is 0 Å². The van der Waals surface area contributed by atoms with Gasteiger partial charge in [-0.3, -0.25) is 4.90 Å². The van der Waals surface area contributed by atoms with Crippen LogP contribution in [0.25, 0.3) is 0 Å². The van der Waals surface area contributed by atoms with Crippen molar-refractivity contribution >= 4 is 0 Å². The summed E-state index contributed by atoms with van der Waals surface area (Å²) in [4.78, 5) is 3.00. The molecule has 0 radical (unpaired) electrons. The summed E-state index contributed by atoms with van der Waals surface area (Å²) < 4.78 is 0. The minimum Gasteiger partial charge on any atom is -0.314 e. The lowest BCUT2D eigenvalue weighted by molar-refractivity contribution is 0.0285. The Hall–Kier alpha value is -0.0800. The van der Waals surface area contributed by atoms with Crippen molar-refractivity contribution in [2.45, 2.75) is 102 Å². The molecule has 116 valence electrons. The van der Waals surface area contributed by atoms with Crippen LogP contribution in [0.1, 0.15) is 78.1 Å². The Bertz CT molecular complexity index is 284. The summed E-state index contributed by atoms with van der Waals surface area (Å²) in [7, 11) is 0. The fraction of sp³-hybridized carbons (Fsp3) is 1.00. The van der Waals surface area contributed by atoms with E-state index >= 15 is 0 Å². The first kappa shape index (κ1) is 14.8. The quantitative estimate of drug-likeness (QED) is 0.819. The van der Waals surface area contributed by atoms with Gasteiger partial charge in [-0.15, -0.1) is 0 Å². The molecule has 3 rings (SSSR count). The molecule has 1 aliphatic carbocycles. The van der Waals surface area contributed by atoms with Gasteiger partial charge in [-0.05, 0) is 57.4 Å². The molecule has 0 aromatic carbocycles. The molecular formula is C18H34N2. The smallest absolute Gasteiger partial charge is 0.0127 e. The minimum absolute atomic E-state index is 0.803. The number of fused-ring (bicyclic) bond motifs is 2. The maximum atomic E-state index is 3.72. The number of hydrogen-bond donors (Lipinski definition) is 1. The van der Waals surface area contributed by atoms with Gasteiger partial charge in [0.25, 0.3) is 0 Å². The molecule has 1 saturated carbocycles. The van der Waals surface area contributed by atoms with E-state index in [0.29, 0.717) is 0 Å². The molecule has 2 nitrogen and oxygen atoms in total. The van der Waals surface area contributed by atoms with Crippen LogP contribution in [0.15, 0.2) is 0 Å². The maximum Gasteiger partial charge on any atom is 0.0127 e. The molecule has 2 heterocycles. The maximum absolute atomic E-state index is 3.72. The van der Waals surface area contributed by atoms with Gasteiger partial charge >= 0.3 is 0 Å². The summed E-state index contributed by atoms with van der Waals surface area (Å²) >= 11 is 0. The zero-order valence-corrected chi connectivity index (χ0v) is 13.6. The summed E-state index contributed by atoms with van der Waals surface area (Å²) in [5, 5.41) is 3.72. The van der Waals surface area contributed by atoms with Gasteiger partial charge in [-0.2, -0.15) is 0 Å². The monoisotopic (exact) mass is 278 g/mol. The topological polar surface area (TPSA) is 15.3 Å². The third-order valence-corrected chi connectivity index (χ3v) is 6.28. The first-order valence-corrected chi connectivity index (χ1v) is 9.34. The van der Waals surface area contributed by atoms with E-state index in [1.54, 1.807) is 0 Å². The van der Waals surface area contributed by atoms with Gasteiger partial charge in [0.15, 0.2) is 0 Å². The van der Waals surface area contributed by atoms with Crippen molar-refractivity contribution in [2.75, 3.05) is 6.54 Å². The molecular weight excluding hydrogens is 244 g/mol. The molecule has 3 fully saturated rings. The van der Waals surface area contributed by atoms with Gasteiger partial charge < -0.3 is 5.32 Å². The minimum atomic E-state index is 0.803. The fourth-order valence-corrected chi connectivity index (χ4v) is 5.52. The lowest BCUT2D eigenvalue weighted by Crippen LogP contribution is -2.55. The van der Waals surface area contributed by atoms with Gasteiger partial charge in [0.2, 0.25) is 0 Å². The van der Waals surface area contributed by atoms with Crippen molar-refractivity contribution in [3.05, 3.63) is 0 Å². The average molecular weight is 278 g/mol. The molecule has 0 amide bonds. The van der Waals surface area contributed by atoms with Crippen molar-refractivity contribution in [1.29, 1.82) is 0 Å². The Labute approximate surface area is 125 Å². The van der Waals surface area contributed by atoms with Crippen LogP contribution in [0, 0.1) is 5.92 Å². The van der Waals surface area contributed by atoms with E-state index in [0.717, 1.165) is 36.6 Å². The highest BCUT2D eigenvalue weighted by Crippen LogP contribution is 2.42. The molecule has 0 aromatic rings. The number of nitrogens with one attached hydrogen (secondary N) is 1. The highest BCUT2D eigenvalue weighted by Gasteiger charge is 2.44. The molecule has 2 aliphatic heterocycles. The standard InChI is InChI=1S/C18H34N2/c1-3-18(14-8-6-5-7-9-14)20-16-10-11-17(20)13-15(12-16)19-4-2/h14-19H,3-13H2,1-2H3. The molecule has 20 heavy (non-hydrogen) atoms. The van der Waals surface area contributed by atoms with E-state index < -0.39 is 0 Å². The van der Waals surface area contributed by atoms with Crippen molar-refractivity contribution in [1.82, 2.24) is 10.2 Å². The van der Waals surface area contributed by atoms with Crippen LogP contribution in [0.3, 0.4) is 0 Å². The van der Waals surface area contributed by atoms with Crippen LogP contribution in [-0.2, 0) is 0 Å². The number of rotatable bonds is 5. The lowest BCUT2D eigenvalue weighted by Gasteiger charge is -2.47. The largest absolute Gasteiger partial charge is 0.314 e. The molecule has 0 spiro atoms. The third kappa shape index (κ3) is 2.92. The zero-order chi connectivity index (χ0) is 13.9. The Balaban J connectivity index is 1.66. The van der Waals surface area contributed by atoms with Crippen LogP contribution in [-0.4, -0.2) is 35.6 Å². The summed E-state index contributed by atoms with van der Waals surface area (Å²) in [6, 6.07) is 3.49. The van der Waals surface area contributed by atoms with E-state index in [1.807, 2.05) is 0 Å². The summed E-state index contributed by atoms with van der Waals surface area (Å²) in [5.74, 6) is 1.01. The SMILES string of the molecule is CCNC1CC2CCC(C1)N2C(CC)C1CCCCC1. The van der Waals surface area contributed by atoms with E-state index in [-0.39, 0.29) is 0 Å². The second-order valence-electron chi connectivity index (χ2n) is 7.43. The van der Waals surface area contributed by atoms with Crippen molar-refractivity contribution < 1.29 is 0 Å². The zero-order valence-electron chi connectivity index (χ0n) is 13.6. The Morgan fingerprint density at radius 3 is 2.15 bits per heavy atom. The highest BCUT2D eigenvalue weighted by molar-refractivity contribution is 5.01. The first-order chi connectivity index (χ1) is 9.83. The van der Waals surface area contributed by atoms with Gasteiger partial charge in [-0.1, -0.05) is 33.1 Å². The normalized spacial score (nSPS) is 37.2. The van der Waals surface area contributed by atoms with Gasteiger partial charge in [-0.25, -0.2) is 0 Å². The summed E-state index contributed by atoms with van der Waals surface area (Å²) in [6.07, 6.45) is 14.6. The second-order valence-corrected chi connectivity index (χ2v) is 7.43. The van der Waals surface area contributed by atoms with Gasteiger partial charge in [0, 0.05) is 24.2 Å². The molecule has 3 unspecified atom stereocenters. The number of hydrogen-bond acceptors (Lipinski definition) is 2. The van der Waals surface area contributed by atoms with E-state index in [2.05, 4.69) is 24.1 Å². The van der Waals surface area contributed by atoms with Crippen LogP contribution in [0.4, 0.5) is 0 Å². The Morgan fingerprint density at radius 1 is 0.950 bits per heavy atom. The van der Waals surface area contributed by atoms with E-state index in [9.17, 15) is 0 Å². The second kappa shape index (κ2) is 6.79. The van der Waals surface area contributed by atoms with Crippen LogP contribution >= 0.6 is 0 Å². The molecule has 3 aliphatic rings. The Morgan fingerprint density at radius 2 is 1.60 bits per heavy atom. The van der Waals surface area contributed by atoms with Gasteiger partial charge in [0.1, 0.15) is 0 Å². The number of piperidine rings is 1. The van der Waals surface area contributed by atoms with E-state index in [1.165, 1.54) is 64.2 Å². The predicted molar refractivity (Wildman–Crippen MR) is 86.0 cm³/mol. The Kier molecular flexibility index (Phi) is 5.04. The highest BCUT2D eigenvalue weighted by atomic mass is 15.3. The first-order valence-electron chi connectivity index (χ1n) is 9.34. The van der Waals surface area contributed by atoms with Crippen molar-refractivity contribution in [3.8, 4) is 0 Å². The van der Waals surface area contributed by atoms with Crippen LogP contribution < -0.4 is 5.32 Å². The fourth-order valence-electron chi connectivity index (χ4n) is 5.52. The predicted octanol–water partition coefficient (Wildman–Crippen LogP) is 3.95. The summed E-state index contributed by atoms with van der Waals surface area (Å²) in [5.41, 5.74) is 0.